The van der Waals surface area contributed by atoms with Crippen LogP contribution in [0.5, 0.6) is 0 Å². The van der Waals surface area contributed by atoms with Gasteiger partial charge in [-0.1, -0.05) is 0 Å². The van der Waals surface area contributed by atoms with Gasteiger partial charge in [-0.25, -0.2) is 4.98 Å². The van der Waals surface area contributed by atoms with E-state index in [1.54, 1.807) is 12.4 Å². The molecule has 3 heterocycles. The molecule has 0 spiro atoms. The molecule has 1 amide bonds. The molecule has 6 heteroatoms. The second-order valence-electron chi connectivity index (χ2n) is 7.33. The Balaban J connectivity index is 1.43. The maximum Gasteiger partial charge on any atom is 0.274 e. The molecule has 24 heavy (non-hydrogen) atoms. The second kappa shape index (κ2) is 6.76. The summed E-state index contributed by atoms with van der Waals surface area (Å²) in [4.78, 5) is 25.7. The van der Waals surface area contributed by atoms with E-state index in [2.05, 4.69) is 14.9 Å². The molecule has 1 aromatic heterocycles. The summed E-state index contributed by atoms with van der Waals surface area (Å²) in [5.41, 5.74) is 1.28. The van der Waals surface area contributed by atoms with Gasteiger partial charge >= 0.3 is 0 Å². The van der Waals surface area contributed by atoms with E-state index >= 15 is 0 Å². The van der Waals surface area contributed by atoms with Gasteiger partial charge in [-0.2, -0.15) is 0 Å². The average molecular weight is 330 g/mol. The Morgan fingerprint density at radius 1 is 1.17 bits per heavy atom. The number of ether oxygens (including phenoxy) is 1. The van der Waals surface area contributed by atoms with Crippen molar-refractivity contribution < 1.29 is 9.53 Å². The van der Waals surface area contributed by atoms with Crippen molar-refractivity contribution in [2.24, 2.45) is 5.92 Å². The molecule has 4 rings (SSSR count). The number of hydrogen-bond donors (Lipinski definition) is 0. The third-order valence-corrected chi connectivity index (χ3v) is 5.46. The van der Waals surface area contributed by atoms with E-state index < -0.39 is 0 Å². The van der Waals surface area contributed by atoms with Crippen molar-refractivity contribution in [2.45, 2.75) is 44.8 Å². The van der Waals surface area contributed by atoms with Gasteiger partial charge in [0.15, 0.2) is 0 Å². The number of amides is 1. The van der Waals surface area contributed by atoms with Gasteiger partial charge in [0.25, 0.3) is 5.91 Å². The normalized spacial score (nSPS) is 28.3. The Labute approximate surface area is 143 Å². The molecule has 1 aliphatic carbocycles. The highest BCUT2D eigenvalue weighted by Crippen LogP contribution is 2.33. The van der Waals surface area contributed by atoms with E-state index in [1.807, 2.05) is 11.8 Å². The zero-order valence-corrected chi connectivity index (χ0v) is 14.4. The van der Waals surface area contributed by atoms with Crippen LogP contribution in [0.3, 0.4) is 0 Å². The van der Waals surface area contributed by atoms with E-state index in [9.17, 15) is 4.79 Å². The lowest BCUT2D eigenvalue weighted by Crippen LogP contribution is -2.51. The van der Waals surface area contributed by atoms with Crippen molar-refractivity contribution in [1.82, 2.24) is 19.8 Å². The number of morpholine rings is 1. The summed E-state index contributed by atoms with van der Waals surface area (Å²) in [7, 11) is 0. The zero-order chi connectivity index (χ0) is 16.5. The molecule has 6 nitrogen and oxygen atoms in total. The number of aryl methyl sites for hydroxylation is 1. The summed E-state index contributed by atoms with van der Waals surface area (Å²) < 4.78 is 6.04. The predicted molar refractivity (Wildman–Crippen MR) is 89.7 cm³/mol. The summed E-state index contributed by atoms with van der Waals surface area (Å²) in [5.74, 6) is 0.891. The Kier molecular flexibility index (Phi) is 4.50. The fourth-order valence-corrected chi connectivity index (χ4v) is 3.89. The summed E-state index contributed by atoms with van der Waals surface area (Å²) in [6, 6.07) is 0.459. The van der Waals surface area contributed by atoms with Crippen LogP contribution < -0.4 is 0 Å². The van der Waals surface area contributed by atoms with E-state index in [0.29, 0.717) is 11.7 Å². The van der Waals surface area contributed by atoms with Gasteiger partial charge in [0.2, 0.25) is 0 Å². The lowest BCUT2D eigenvalue weighted by molar-refractivity contribution is -0.0727. The minimum absolute atomic E-state index is 0.00473. The first-order valence-electron chi connectivity index (χ1n) is 9.14. The van der Waals surface area contributed by atoms with Crippen LogP contribution in [0.4, 0.5) is 0 Å². The van der Waals surface area contributed by atoms with Crippen LogP contribution in [0.2, 0.25) is 0 Å². The molecule has 2 aliphatic heterocycles. The number of hydrogen-bond acceptors (Lipinski definition) is 5. The van der Waals surface area contributed by atoms with E-state index in [-0.39, 0.29) is 12.0 Å². The highest BCUT2D eigenvalue weighted by Gasteiger charge is 2.38. The lowest BCUT2D eigenvalue weighted by atomic mass is 10.0. The molecule has 1 saturated carbocycles. The first-order chi connectivity index (χ1) is 11.7. The van der Waals surface area contributed by atoms with Crippen molar-refractivity contribution >= 4 is 5.91 Å². The molecule has 0 bridgehead atoms. The van der Waals surface area contributed by atoms with Gasteiger partial charge in [0, 0.05) is 38.4 Å². The fourth-order valence-electron chi connectivity index (χ4n) is 3.89. The van der Waals surface area contributed by atoms with Crippen molar-refractivity contribution in [3.05, 3.63) is 23.8 Å². The van der Waals surface area contributed by atoms with Crippen LogP contribution in [0, 0.1) is 12.8 Å². The number of likely N-dealkylation sites (tertiary alicyclic amines) is 1. The summed E-state index contributed by atoms with van der Waals surface area (Å²) >= 11 is 0. The van der Waals surface area contributed by atoms with E-state index in [0.717, 1.165) is 50.7 Å². The summed E-state index contributed by atoms with van der Waals surface area (Å²) in [6.45, 7) is 6.47. The average Bonchev–Trinajstić information content (AvgIpc) is 3.41. The monoisotopic (exact) mass is 330 g/mol. The molecule has 3 fully saturated rings. The van der Waals surface area contributed by atoms with Crippen LogP contribution >= 0.6 is 0 Å². The van der Waals surface area contributed by atoms with Crippen LogP contribution in [0.25, 0.3) is 0 Å². The van der Waals surface area contributed by atoms with Crippen LogP contribution in [0.1, 0.15) is 41.9 Å². The minimum atomic E-state index is -0.00473. The number of fused-ring (bicyclic) bond motifs is 1. The van der Waals surface area contributed by atoms with Gasteiger partial charge < -0.3 is 9.64 Å². The first kappa shape index (κ1) is 16.0. The van der Waals surface area contributed by atoms with Gasteiger partial charge in [0.05, 0.1) is 24.6 Å². The Hall–Kier alpha value is -1.53. The standard InChI is InChI=1S/C18H26N4O2/c1-13-10-20-15(11-19-13)18(23)21-6-4-16-17(5-7-21)24-9-8-22(16)12-14-2-3-14/h10-11,14,16-17H,2-9,12H2,1H3/t16-,17+/m0/s1. The van der Waals surface area contributed by atoms with Gasteiger partial charge in [-0.05, 0) is 38.5 Å². The molecule has 0 aromatic carbocycles. The molecule has 0 radical (unpaired) electrons. The molecule has 0 unspecified atom stereocenters. The number of carbonyl (C=O) groups excluding carboxylic acids is 1. The first-order valence-corrected chi connectivity index (χ1v) is 9.14. The van der Waals surface area contributed by atoms with Crippen molar-refractivity contribution in [1.29, 1.82) is 0 Å². The lowest BCUT2D eigenvalue weighted by Gasteiger charge is -2.40. The van der Waals surface area contributed by atoms with Crippen molar-refractivity contribution in [3.8, 4) is 0 Å². The largest absolute Gasteiger partial charge is 0.375 e. The second-order valence-corrected chi connectivity index (χ2v) is 7.33. The van der Waals surface area contributed by atoms with Gasteiger partial charge in [0.1, 0.15) is 5.69 Å². The topological polar surface area (TPSA) is 58.6 Å². The van der Waals surface area contributed by atoms with Gasteiger partial charge in [-0.3, -0.25) is 14.7 Å². The molecule has 130 valence electrons. The van der Waals surface area contributed by atoms with Crippen LogP contribution in [0.15, 0.2) is 12.4 Å². The van der Waals surface area contributed by atoms with Crippen molar-refractivity contribution in [3.63, 3.8) is 0 Å². The third-order valence-electron chi connectivity index (χ3n) is 5.46. The molecule has 2 atom stereocenters. The smallest absolute Gasteiger partial charge is 0.274 e. The SMILES string of the molecule is Cc1cnc(C(=O)N2CC[C@H]3OCCN(CC4CC4)[C@H]3CC2)cn1. The third kappa shape index (κ3) is 3.44. The maximum atomic E-state index is 12.7. The molecule has 1 aromatic rings. The maximum absolute atomic E-state index is 12.7. The van der Waals surface area contributed by atoms with Crippen LogP contribution in [-0.2, 0) is 4.74 Å². The Morgan fingerprint density at radius 3 is 2.75 bits per heavy atom. The molecular weight excluding hydrogens is 304 g/mol. The van der Waals surface area contributed by atoms with Gasteiger partial charge in [-0.15, -0.1) is 0 Å². The van der Waals surface area contributed by atoms with E-state index in [4.69, 9.17) is 4.74 Å². The summed E-state index contributed by atoms with van der Waals surface area (Å²) in [5, 5.41) is 0. The minimum Gasteiger partial charge on any atom is -0.375 e. The molecule has 3 aliphatic rings. The van der Waals surface area contributed by atoms with Crippen molar-refractivity contribution in [2.75, 3.05) is 32.8 Å². The molecule has 0 N–H and O–H groups in total. The quantitative estimate of drug-likeness (QED) is 0.841. The zero-order valence-electron chi connectivity index (χ0n) is 14.4. The molecular formula is C18H26N4O2. The molecule has 2 saturated heterocycles. The number of carbonyl (C=O) groups is 1. The highest BCUT2D eigenvalue weighted by molar-refractivity contribution is 5.92. The fraction of sp³-hybridized carbons (Fsp3) is 0.722. The predicted octanol–water partition coefficient (Wildman–Crippen LogP) is 1.50. The Morgan fingerprint density at radius 2 is 2.00 bits per heavy atom. The Bertz CT molecular complexity index is 587. The van der Waals surface area contributed by atoms with Crippen LogP contribution in [-0.4, -0.2) is 70.6 Å². The highest BCUT2D eigenvalue weighted by atomic mass is 16.5. The number of aromatic nitrogens is 2. The number of rotatable bonds is 3. The summed E-state index contributed by atoms with van der Waals surface area (Å²) in [6.07, 6.45) is 8.17. The number of nitrogens with zero attached hydrogens (tertiary/aromatic N) is 4. The van der Waals surface area contributed by atoms with E-state index in [1.165, 1.54) is 19.4 Å².